The van der Waals surface area contributed by atoms with E-state index < -0.39 is 12.1 Å². The minimum absolute atomic E-state index is 0.0418. The number of hydrogen-bond acceptors (Lipinski definition) is 4. The molecule has 0 radical (unpaired) electrons. The van der Waals surface area contributed by atoms with Crippen LogP contribution in [0.2, 0.25) is 0 Å². The zero-order chi connectivity index (χ0) is 30.0. The molecule has 1 aliphatic carbocycles. The molecule has 2 aromatic carbocycles. The second-order valence-corrected chi connectivity index (χ2v) is 12.2. The van der Waals surface area contributed by atoms with Gasteiger partial charge in [-0.1, -0.05) is 64.3 Å². The summed E-state index contributed by atoms with van der Waals surface area (Å²) in [6.07, 6.45) is 3.29. The highest BCUT2D eigenvalue weighted by Crippen LogP contribution is 2.25. The monoisotopic (exact) mass is 575 g/mol. The van der Waals surface area contributed by atoms with E-state index in [1.54, 1.807) is 0 Å². The highest BCUT2D eigenvalue weighted by atomic mass is 19.4. The van der Waals surface area contributed by atoms with E-state index in [-0.39, 0.29) is 11.3 Å². The van der Waals surface area contributed by atoms with Gasteiger partial charge in [-0.25, -0.2) is 4.79 Å². The number of benzene rings is 2. The van der Waals surface area contributed by atoms with E-state index in [9.17, 15) is 18.0 Å². The molecule has 6 nitrogen and oxygen atoms in total. The van der Waals surface area contributed by atoms with Crippen molar-refractivity contribution in [3.05, 3.63) is 65.2 Å². The van der Waals surface area contributed by atoms with Gasteiger partial charge in [-0.15, -0.1) is 0 Å². The summed E-state index contributed by atoms with van der Waals surface area (Å²) in [6.45, 7) is 13.4. The van der Waals surface area contributed by atoms with Crippen molar-refractivity contribution in [3.63, 3.8) is 0 Å². The number of amides is 1. The maximum Gasteiger partial charge on any atom is 0.490 e. The molecular weight excluding hydrogens is 531 g/mol. The van der Waals surface area contributed by atoms with Crippen LogP contribution in [0.25, 0.3) is 0 Å². The van der Waals surface area contributed by atoms with Crippen LogP contribution in [-0.4, -0.2) is 65.7 Å². The Hall–Kier alpha value is -2.91. The van der Waals surface area contributed by atoms with Crippen molar-refractivity contribution >= 4 is 17.6 Å². The van der Waals surface area contributed by atoms with Crippen LogP contribution in [-0.2, 0) is 16.8 Å². The van der Waals surface area contributed by atoms with Gasteiger partial charge in [0.05, 0.1) is 0 Å². The fourth-order valence-corrected chi connectivity index (χ4v) is 5.43. The number of alkyl halides is 3. The molecule has 2 fully saturated rings. The molecular formula is C32H44F3N3O3. The molecule has 1 amide bonds. The van der Waals surface area contributed by atoms with E-state index >= 15 is 0 Å². The highest BCUT2D eigenvalue weighted by molar-refractivity contribution is 6.04. The first-order chi connectivity index (χ1) is 19.3. The van der Waals surface area contributed by atoms with Crippen LogP contribution in [0.15, 0.2) is 48.5 Å². The molecule has 2 N–H and O–H groups in total. The van der Waals surface area contributed by atoms with Crippen molar-refractivity contribution in [3.8, 4) is 0 Å². The van der Waals surface area contributed by atoms with Crippen molar-refractivity contribution < 1.29 is 27.9 Å². The summed E-state index contributed by atoms with van der Waals surface area (Å²) in [7, 11) is 0. The Bertz CT molecular complexity index is 1120. The number of carbonyl (C=O) groups is 2. The fourth-order valence-electron chi connectivity index (χ4n) is 5.43. The summed E-state index contributed by atoms with van der Waals surface area (Å²) in [5.41, 5.74) is 4.16. The van der Waals surface area contributed by atoms with Gasteiger partial charge < -0.3 is 15.3 Å². The van der Waals surface area contributed by atoms with E-state index in [1.807, 2.05) is 24.3 Å². The van der Waals surface area contributed by atoms with E-state index in [2.05, 4.69) is 60.2 Å². The van der Waals surface area contributed by atoms with Crippen LogP contribution in [0.3, 0.4) is 0 Å². The predicted molar refractivity (Wildman–Crippen MR) is 156 cm³/mol. The number of nitrogens with one attached hydrogen (secondary N) is 1. The van der Waals surface area contributed by atoms with Gasteiger partial charge in [-0.05, 0) is 79.1 Å². The van der Waals surface area contributed by atoms with Crippen LogP contribution in [0.4, 0.5) is 18.9 Å². The number of carboxylic acid groups (broad SMARTS) is 1. The number of aliphatic carboxylic acids is 1. The van der Waals surface area contributed by atoms with E-state index in [0.29, 0.717) is 0 Å². The number of carboxylic acids is 1. The molecule has 1 heterocycles. The molecule has 2 aliphatic rings. The number of halogens is 3. The number of hydrogen-bond donors (Lipinski definition) is 2. The summed E-state index contributed by atoms with van der Waals surface area (Å²) in [4.78, 5) is 27.0. The minimum atomic E-state index is -5.08. The minimum Gasteiger partial charge on any atom is -0.475 e. The zero-order valence-electron chi connectivity index (χ0n) is 24.5. The number of carbonyl (C=O) groups excluding carboxylic acids is 1. The number of anilines is 1. The molecule has 1 saturated heterocycles. The Balaban J connectivity index is 0.000000587. The molecule has 0 atom stereocenters. The molecule has 0 unspecified atom stereocenters. The standard InChI is InChI=1S/C30H43N3O.C2HF3O2/c1-30(2,3)27-13-15-28(16-14-27)31-29(34)26-12-7-11-25(21-26)23-33-18-8-17-32(19-20-33)22-24-9-5-4-6-10-24;3-2(4,5)1(6)7/h7,11-16,21,24H,4-6,8-10,17-20,22-23H2,1-3H3,(H,31,34);(H,6,7). The van der Waals surface area contributed by atoms with Gasteiger partial charge in [0.25, 0.3) is 5.91 Å². The van der Waals surface area contributed by atoms with Crippen LogP contribution >= 0.6 is 0 Å². The summed E-state index contributed by atoms with van der Waals surface area (Å²) in [6, 6.07) is 16.3. The third-order valence-corrected chi connectivity index (χ3v) is 7.77. The van der Waals surface area contributed by atoms with Crippen molar-refractivity contribution in [2.45, 2.75) is 77.4 Å². The summed E-state index contributed by atoms with van der Waals surface area (Å²) < 4.78 is 31.7. The fraction of sp³-hybridized carbons (Fsp3) is 0.562. The van der Waals surface area contributed by atoms with Crippen molar-refractivity contribution in [1.29, 1.82) is 0 Å². The Morgan fingerprint density at radius 2 is 1.49 bits per heavy atom. The zero-order valence-corrected chi connectivity index (χ0v) is 24.5. The van der Waals surface area contributed by atoms with Crippen LogP contribution in [0, 0.1) is 5.92 Å². The van der Waals surface area contributed by atoms with Gasteiger partial charge in [0, 0.05) is 37.4 Å². The summed E-state index contributed by atoms with van der Waals surface area (Å²) >= 11 is 0. The largest absolute Gasteiger partial charge is 0.490 e. The lowest BCUT2D eigenvalue weighted by atomic mass is 9.87. The molecule has 1 aliphatic heterocycles. The van der Waals surface area contributed by atoms with Gasteiger partial charge in [0.2, 0.25) is 0 Å². The SMILES string of the molecule is CC(C)(C)c1ccc(NC(=O)c2cccc(CN3CCCN(CC4CCCCC4)CC3)c2)cc1.O=C(O)C(F)(F)F. The molecule has 1 saturated carbocycles. The van der Waals surface area contributed by atoms with Crippen LogP contribution in [0.5, 0.6) is 0 Å². The quantitative estimate of drug-likeness (QED) is 0.390. The third-order valence-electron chi connectivity index (χ3n) is 7.77. The maximum atomic E-state index is 12.9. The predicted octanol–water partition coefficient (Wildman–Crippen LogP) is 6.96. The number of rotatable bonds is 6. The average molecular weight is 576 g/mol. The second-order valence-electron chi connectivity index (χ2n) is 12.2. The normalized spacial score (nSPS) is 17.7. The molecule has 2 aromatic rings. The second kappa shape index (κ2) is 14.8. The first-order valence-electron chi connectivity index (χ1n) is 14.6. The van der Waals surface area contributed by atoms with Crippen LogP contribution < -0.4 is 5.32 Å². The van der Waals surface area contributed by atoms with Gasteiger partial charge >= 0.3 is 12.1 Å². The first kappa shape index (κ1) is 32.6. The average Bonchev–Trinajstić information content (AvgIpc) is 3.14. The molecule has 0 spiro atoms. The molecule has 0 bridgehead atoms. The highest BCUT2D eigenvalue weighted by Gasteiger charge is 2.38. The Morgan fingerprint density at radius 3 is 2.10 bits per heavy atom. The lowest BCUT2D eigenvalue weighted by Crippen LogP contribution is -2.34. The maximum absolute atomic E-state index is 12.9. The molecule has 4 rings (SSSR count). The Labute approximate surface area is 241 Å². The lowest BCUT2D eigenvalue weighted by molar-refractivity contribution is -0.192. The van der Waals surface area contributed by atoms with Crippen molar-refractivity contribution in [2.75, 3.05) is 38.0 Å². The summed E-state index contributed by atoms with van der Waals surface area (Å²) in [5, 5.41) is 10.2. The first-order valence-corrected chi connectivity index (χ1v) is 14.6. The number of nitrogens with zero attached hydrogens (tertiary/aromatic N) is 2. The van der Waals surface area contributed by atoms with Gasteiger partial charge in [0.1, 0.15) is 0 Å². The smallest absolute Gasteiger partial charge is 0.475 e. The molecule has 226 valence electrons. The molecule has 9 heteroatoms. The lowest BCUT2D eigenvalue weighted by Gasteiger charge is -2.29. The molecule has 41 heavy (non-hydrogen) atoms. The van der Waals surface area contributed by atoms with Gasteiger partial charge in [-0.3, -0.25) is 9.69 Å². The Kier molecular flexibility index (Phi) is 11.8. The van der Waals surface area contributed by atoms with Gasteiger partial charge in [-0.2, -0.15) is 13.2 Å². The topological polar surface area (TPSA) is 72.9 Å². The van der Waals surface area contributed by atoms with E-state index in [1.165, 1.54) is 69.3 Å². The summed E-state index contributed by atoms with van der Waals surface area (Å²) in [5.74, 6) is -1.88. The van der Waals surface area contributed by atoms with Crippen molar-refractivity contribution in [1.82, 2.24) is 9.80 Å². The van der Waals surface area contributed by atoms with Crippen molar-refractivity contribution in [2.24, 2.45) is 5.92 Å². The molecule has 0 aromatic heterocycles. The third kappa shape index (κ3) is 11.1. The van der Waals surface area contributed by atoms with Crippen LogP contribution in [0.1, 0.15) is 80.8 Å². The van der Waals surface area contributed by atoms with E-state index in [0.717, 1.165) is 36.8 Å². The Morgan fingerprint density at radius 1 is 0.878 bits per heavy atom. The van der Waals surface area contributed by atoms with E-state index in [4.69, 9.17) is 9.90 Å². The van der Waals surface area contributed by atoms with Gasteiger partial charge in [0.15, 0.2) is 0 Å².